The van der Waals surface area contributed by atoms with Gasteiger partial charge in [-0.05, 0) is 46.6 Å². The van der Waals surface area contributed by atoms with E-state index in [1.54, 1.807) is 36.5 Å². The molecular formula is C19H17BrN2O2S. The van der Waals surface area contributed by atoms with Gasteiger partial charge >= 0.3 is 0 Å². The smallest absolute Gasteiger partial charge is 0.241 e. The van der Waals surface area contributed by atoms with Gasteiger partial charge in [-0.15, -0.1) is 0 Å². The second-order valence-corrected chi connectivity index (χ2v) is 8.22. The molecule has 6 heteroatoms. The van der Waals surface area contributed by atoms with Crippen LogP contribution in [-0.2, 0) is 16.6 Å². The van der Waals surface area contributed by atoms with Crippen LogP contribution in [0.2, 0.25) is 0 Å². The fourth-order valence-corrected chi connectivity index (χ4v) is 4.47. The number of hydrogen-bond acceptors (Lipinski definition) is 3. The lowest BCUT2D eigenvalue weighted by atomic mass is 10.0. The first-order valence-corrected chi connectivity index (χ1v) is 10.00. The van der Waals surface area contributed by atoms with Gasteiger partial charge in [-0.1, -0.05) is 48.0 Å². The highest BCUT2D eigenvalue weighted by Gasteiger charge is 2.17. The standard InChI is InChI=1S/C19H17BrN2O2S/c1-14-8-10-15(11-9-14)19-16(5-4-12-21-19)13-22-25(23,24)18-7-3-2-6-17(18)20/h2-12,22H,13H2,1H3. The Hall–Kier alpha value is -2.02. The molecule has 0 fully saturated rings. The maximum Gasteiger partial charge on any atom is 0.241 e. The third kappa shape index (κ3) is 4.15. The molecule has 0 amide bonds. The molecule has 0 saturated heterocycles. The number of aryl methyl sites for hydroxylation is 1. The van der Waals surface area contributed by atoms with E-state index in [9.17, 15) is 8.42 Å². The third-order valence-electron chi connectivity index (χ3n) is 3.80. The summed E-state index contributed by atoms with van der Waals surface area (Å²) in [4.78, 5) is 4.64. The van der Waals surface area contributed by atoms with Crippen molar-refractivity contribution >= 4 is 26.0 Å². The lowest BCUT2D eigenvalue weighted by Crippen LogP contribution is -2.24. The van der Waals surface area contributed by atoms with E-state index >= 15 is 0 Å². The highest BCUT2D eigenvalue weighted by atomic mass is 79.9. The highest BCUT2D eigenvalue weighted by Crippen LogP contribution is 2.24. The molecule has 2 aromatic carbocycles. The molecule has 25 heavy (non-hydrogen) atoms. The predicted molar refractivity (Wildman–Crippen MR) is 103 cm³/mol. The van der Waals surface area contributed by atoms with Crippen molar-refractivity contribution in [1.82, 2.24) is 9.71 Å². The minimum atomic E-state index is -3.62. The number of benzene rings is 2. The monoisotopic (exact) mass is 416 g/mol. The lowest BCUT2D eigenvalue weighted by Gasteiger charge is -2.11. The number of nitrogens with zero attached hydrogens (tertiary/aromatic N) is 1. The van der Waals surface area contributed by atoms with Crippen LogP contribution in [0.1, 0.15) is 11.1 Å². The van der Waals surface area contributed by atoms with E-state index in [2.05, 4.69) is 25.6 Å². The molecule has 0 radical (unpaired) electrons. The summed E-state index contributed by atoms with van der Waals surface area (Å²) < 4.78 is 28.3. The topological polar surface area (TPSA) is 59.1 Å². The first kappa shape index (κ1) is 17.8. The van der Waals surface area contributed by atoms with Crippen molar-refractivity contribution in [2.75, 3.05) is 0 Å². The van der Waals surface area contributed by atoms with Crippen LogP contribution >= 0.6 is 15.9 Å². The number of aromatic nitrogens is 1. The van der Waals surface area contributed by atoms with E-state index in [0.29, 0.717) is 4.47 Å². The summed E-state index contributed by atoms with van der Waals surface area (Å²) in [6, 6.07) is 18.4. The van der Waals surface area contributed by atoms with Crippen molar-refractivity contribution in [3.63, 3.8) is 0 Å². The number of nitrogens with one attached hydrogen (secondary N) is 1. The first-order chi connectivity index (χ1) is 12.0. The molecule has 1 heterocycles. The molecule has 0 saturated carbocycles. The summed E-state index contributed by atoms with van der Waals surface area (Å²) in [6.07, 6.45) is 1.71. The van der Waals surface area contributed by atoms with Gasteiger partial charge in [-0.3, -0.25) is 4.98 Å². The van der Waals surface area contributed by atoms with Crippen LogP contribution in [0.15, 0.2) is 76.2 Å². The van der Waals surface area contributed by atoms with E-state index in [1.807, 2.05) is 37.3 Å². The normalized spacial score (nSPS) is 11.4. The maximum atomic E-state index is 12.6. The van der Waals surface area contributed by atoms with Crippen molar-refractivity contribution in [1.29, 1.82) is 0 Å². The number of hydrogen-bond donors (Lipinski definition) is 1. The van der Waals surface area contributed by atoms with Gasteiger partial charge in [0.2, 0.25) is 10.0 Å². The van der Waals surface area contributed by atoms with Gasteiger partial charge in [0, 0.05) is 22.8 Å². The zero-order valence-electron chi connectivity index (χ0n) is 13.6. The predicted octanol–water partition coefficient (Wildman–Crippen LogP) is 4.30. The number of rotatable bonds is 5. The number of sulfonamides is 1. The largest absolute Gasteiger partial charge is 0.256 e. The average molecular weight is 417 g/mol. The number of halogens is 1. The Morgan fingerprint density at radius 3 is 2.44 bits per heavy atom. The second kappa shape index (κ2) is 7.47. The summed E-state index contributed by atoms with van der Waals surface area (Å²) in [6.45, 7) is 2.19. The SMILES string of the molecule is Cc1ccc(-c2ncccc2CNS(=O)(=O)c2ccccc2Br)cc1. The Bertz CT molecular complexity index is 986. The molecule has 0 bridgehead atoms. The van der Waals surface area contributed by atoms with Crippen LogP contribution in [0.5, 0.6) is 0 Å². The molecule has 0 unspecified atom stereocenters. The minimum absolute atomic E-state index is 0.167. The Kier molecular flexibility index (Phi) is 5.32. The fraction of sp³-hybridized carbons (Fsp3) is 0.105. The molecule has 0 spiro atoms. The van der Waals surface area contributed by atoms with Crippen LogP contribution in [0, 0.1) is 6.92 Å². The molecule has 0 aliphatic heterocycles. The zero-order chi connectivity index (χ0) is 17.9. The number of pyridine rings is 1. The lowest BCUT2D eigenvalue weighted by molar-refractivity contribution is 0.581. The van der Waals surface area contributed by atoms with Crippen molar-refractivity contribution in [3.05, 3.63) is 82.5 Å². The van der Waals surface area contributed by atoms with E-state index in [1.165, 1.54) is 0 Å². The van der Waals surface area contributed by atoms with Gasteiger partial charge in [-0.2, -0.15) is 0 Å². The van der Waals surface area contributed by atoms with Crippen LogP contribution in [-0.4, -0.2) is 13.4 Å². The van der Waals surface area contributed by atoms with Gasteiger partial charge in [0.05, 0.1) is 10.6 Å². The molecule has 3 aromatic rings. The fourth-order valence-electron chi connectivity index (χ4n) is 2.47. The first-order valence-electron chi connectivity index (χ1n) is 7.72. The summed E-state index contributed by atoms with van der Waals surface area (Å²) in [5.41, 5.74) is 3.72. The molecule has 0 aliphatic carbocycles. The Balaban J connectivity index is 1.87. The van der Waals surface area contributed by atoms with Crippen molar-refractivity contribution in [3.8, 4) is 11.3 Å². The Labute approximate surface area is 156 Å². The molecular weight excluding hydrogens is 400 g/mol. The van der Waals surface area contributed by atoms with Gasteiger partial charge in [0.1, 0.15) is 0 Å². The molecule has 128 valence electrons. The average Bonchev–Trinajstić information content (AvgIpc) is 2.61. The van der Waals surface area contributed by atoms with Crippen LogP contribution in [0.25, 0.3) is 11.3 Å². The maximum absolute atomic E-state index is 12.6. The van der Waals surface area contributed by atoms with E-state index in [0.717, 1.165) is 22.4 Å². The van der Waals surface area contributed by atoms with Crippen LogP contribution in [0.3, 0.4) is 0 Å². The Morgan fingerprint density at radius 2 is 1.72 bits per heavy atom. The van der Waals surface area contributed by atoms with Crippen molar-refractivity contribution in [2.24, 2.45) is 0 Å². The van der Waals surface area contributed by atoms with Gasteiger partial charge in [-0.25, -0.2) is 13.1 Å². The molecule has 0 atom stereocenters. The summed E-state index contributed by atoms with van der Waals surface area (Å²) in [5.74, 6) is 0. The molecule has 1 aromatic heterocycles. The van der Waals surface area contributed by atoms with Gasteiger partial charge in [0.15, 0.2) is 0 Å². The molecule has 0 aliphatic rings. The van der Waals surface area contributed by atoms with Crippen molar-refractivity contribution in [2.45, 2.75) is 18.4 Å². The summed E-state index contributed by atoms with van der Waals surface area (Å²) in [7, 11) is -3.62. The minimum Gasteiger partial charge on any atom is -0.256 e. The zero-order valence-corrected chi connectivity index (χ0v) is 16.0. The quantitative estimate of drug-likeness (QED) is 0.674. The van der Waals surface area contributed by atoms with Crippen LogP contribution in [0.4, 0.5) is 0 Å². The molecule has 3 rings (SSSR count). The summed E-state index contributed by atoms with van der Waals surface area (Å²) in [5, 5.41) is 0. The highest BCUT2D eigenvalue weighted by molar-refractivity contribution is 9.10. The van der Waals surface area contributed by atoms with E-state index in [-0.39, 0.29) is 11.4 Å². The van der Waals surface area contributed by atoms with Crippen LogP contribution < -0.4 is 4.72 Å². The van der Waals surface area contributed by atoms with Gasteiger partial charge < -0.3 is 0 Å². The summed E-state index contributed by atoms with van der Waals surface area (Å²) >= 11 is 3.28. The second-order valence-electron chi connectivity index (χ2n) is 5.63. The molecule has 4 nitrogen and oxygen atoms in total. The Morgan fingerprint density at radius 1 is 1.00 bits per heavy atom. The third-order valence-corrected chi connectivity index (χ3v) is 6.21. The van der Waals surface area contributed by atoms with E-state index in [4.69, 9.17) is 0 Å². The van der Waals surface area contributed by atoms with E-state index < -0.39 is 10.0 Å². The van der Waals surface area contributed by atoms with Gasteiger partial charge in [0.25, 0.3) is 0 Å². The van der Waals surface area contributed by atoms with Crippen molar-refractivity contribution < 1.29 is 8.42 Å². The molecule has 1 N–H and O–H groups in total.